The van der Waals surface area contributed by atoms with Gasteiger partial charge in [-0.05, 0) is 50.3 Å². The van der Waals surface area contributed by atoms with Crippen molar-refractivity contribution < 1.29 is 5.11 Å². The molecule has 18 heavy (non-hydrogen) atoms. The molecule has 3 rings (SSSR count). The quantitative estimate of drug-likeness (QED) is 0.892. The summed E-state index contributed by atoms with van der Waals surface area (Å²) in [6.07, 6.45) is 3.20. The van der Waals surface area contributed by atoms with Crippen molar-refractivity contribution in [3.8, 4) is 11.3 Å². The zero-order chi connectivity index (χ0) is 12.7. The number of thiazole rings is 1. The summed E-state index contributed by atoms with van der Waals surface area (Å²) in [4.78, 5) is 5.76. The predicted octanol–water partition coefficient (Wildman–Crippen LogP) is 3.66. The molecule has 0 radical (unpaired) electrons. The van der Waals surface area contributed by atoms with Crippen molar-refractivity contribution >= 4 is 11.3 Å². The Morgan fingerprint density at radius 3 is 2.78 bits per heavy atom. The highest BCUT2D eigenvalue weighted by atomic mass is 32.1. The number of rotatable bonds is 2. The first-order chi connectivity index (χ1) is 8.65. The molecule has 2 aromatic rings. The first kappa shape index (κ1) is 11.9. The van der Waals surface area contributed by atoms with E-state index in [2.05, 4.69) is 30.1 Å². The smallest absolute Gasteiger partial charge is 0.122 e. The first-order valence-corrected chi connectivity index (χ1v) is 7.24. The van der Waals surface area contributed by atoms with Crippen LogP contribution in [0.1, 0.15) is 40.5 Å². The molecule has 94 valence electrons. The number of benzene rings is 1. The standard InChI is InChI=1S/C15H17NOS/c1-9(17)15-16-14(10(2)18-15)13-7-6-11-4-3-5-12(11)8-13/h6-9,17H,3-5H2,1-2H3. The summed E-state index contributed by atoms with van der Waals surface area (Å²) in [7, 11) is 0. The molecule has 0 saturated carbocycles. The Labute approximate surface area is 111 Å². The zero-order valence-electron chi connectivity index (χ0n) is 10.7. The van der Waals surface area contributed by atoms with Gasteiger partial charge in [0.05, 0.1) is 5.69 Å². The van der Waals surface area contributed by atoms with Crippen molar-refractivity contribution in [1.29, 1.82) is 0 Å². The number of hydrogen-bond acceptors (Lipinski definition) is 3. The molecule has 0 bridgehead atoms. The molecule has 3 heteroatoms. The molecule has 1 atom stereocenters. The fourth-order valence-electron chi connectivity index (χ4n) is 2.58. The molecule has 1 aliphatic rings. The lowest BCUT2D eigenvalue weighted by molar-refractivity contribution is 0.199. The highest BCUT2D eigenvalue weighted by Gasteiger charge is 2.16. The van der Waals surface area contributed by atoms with Gasteiger partial charge in [0.2, 0.25) is 0 Å². The van der Waals surface area contributed by atoms with Crippen LogP contribution in [-0.2, 0) is 12.8 Å². The second-order valence-corrected chi connectivity index (χ2v) is 6.20. The van der Waals surface area contributed by atoms with E-state index in [0.717, 1.165) is 10.7 Å². The Balaban J connectivity index is 2.04. The van der Waals surface area contributed by atoms with E-state index >= 15 is 0 Å². The topological polar surface area (TPSA) is 33.1 Å². The van der Waals surface area contributed by atoms with E-state index in [0.29, 0.717) is 0 Å². The van der Waals surface area contributed by atoms with Crippen molar-refractivity contribution in [1.82, 2.24) is 4.98 Å². The third-order valence-electron chi connectivity index (χ3n) is 3.54. The number of fused-ring (bicyclic) bond motifs is 1. The number of aryl methyl sites for hydroxylation is 3. The minimum Gasteiger partial charge on any atom is -0.386 e. The molecule has 0 amide bonds. The van der Waals surface area contributed by atoms with Crippen LogP contribution in [0.5, 0.6) is 0 Å². The molecule has 1 aromatic carbocycles. The normalized spacial score (nSPS) is 15.7. The van der Waals surface area contributed by atoms with Gasteiger partial charge in [0.15, 0.2) is 0 Å². The van der Waals surface area contributed by atoms with Crippen LogP contribution in [0.4, 0.5) is 0 Å². The van der Waals surface area contributed by atoms with Gasteiger partial charge >= 0.3 is 0 Å². The largest absolute Gasteiger partial charge is 0.386 e. The maximum absolute atomic E-state index is 9.61. The summed E-state index contributed by atoms with van der Waals surface area (Å²) < 4.78 is 0. The van der Waals surface area contributed by atoms with Gasteiger partial charge in [0, 0.05) is 10.4 Å². The number of hydrogen-bond donors (Lipinski definition) is 1. The molecule has 2 nitrogen and oxygen atoms in total. The van der Waals surface area contributed by atoms with Gasteiger partial charge in [0.1, 0.15) is 11.1 Å². The van der Waals surface area contributed by atoms with Crippen LogP contribution in [0.15, 0.2) is 18.2 Å². The van der Waals surface area contributed by atoms with Crippen LogP contribution in [0.3, 0.4) is 0 Å². The van der Waals surface area contributed by atoms with Crippen LogP contribution in [0.2, 0.25) is 0 Å². The molecule has 1 aliphatic carbocycles. The molecule has 1 N–H and O–H groups in total. The molecular weight excluding hydrogens is 242 g/mol. The van der Waals surface area contributed by atoms with Crippen molar-refractivity contribution in [3.05, 3.63) is 39.2 Å². The Hall–Kier alpha value is -1.19. The summed E-state index contributed by atoms with van der Waals surface area (Å²) in [6.45, 7) is 3.84. The highest BCUT2D eigenvalue weighted by Crippen LogP contribution is 2.33. The number of aliphatic hydroxyl groups excluding tert-OH is 1. The maximum Gasteiger partial charge on any atom is 0.122 e. The summed E-state index contributed by atoms with van der Waals surface area (Å²) in [6, 6.07) is 6.67. The molecule has 1 unspecified atom stereocenters. The van der Waals surface area contributed by atoms with Crippen LogP contribution >= 0.6 is 11.3 Å². The van der Waals surface area contributed by atoms with Crippen molar-refractivity contribution in [2.45, 2.75) is 39.2 Å². The van der Waals surface area contributed by atoms with Crippen LogP contribution in [0, 0.1) is 6.92 Å². The van der Waals surface area contributed by atoms with E-state index in [1.54, 1.807) is 18.3 Å². The summed E-state index contributed by atoms with van der Waals surface area (Å²) in [5.74, 6) is 0. The average molecular weight is 259 g/mol. The van der Waals surface area contributed by atoms with Crippen molar-refractivity contribution in [2.24, 2.45) is 0 Å². The minimum absolute atomic E-state index is 0.475. The summed E-state index contributed by atoms with van der Waals surface area (Å²) in [5.41, 5.74) is 5.18. The predicted molar refractivity (Wildman–Crippen MR) is 74.9 cm³/mol. The van der Waals surface area contributed by atoms with Gasteiger partial charge in [-0.3, -0.25) is 0 Å². The number of aliphatic hydroxyl groups is 1. The third kappa shape index (κ3) is 1.98. The van der Waals surface area contributed by atoms with Crippen LogP contribution in [-0.4, -0.2) is 10.1 Å². The van der Waals surface area contributed by atoms with E-state index in [4.69, 9.17) is 0 Å². The Bertz CT molecular complexity index is 586. The van der Waals surface area contributed by atoms with E-state index < -0.39 is 6.10 Å². The molecule has 1 aromatic heterocycles. The van der Waals surface area contributed by atoms with Gasteiger partial charge in [-0.25, -0.2) is 4.98 Å². The minimum atomic E-state index is -0.475. The second kappa shape index (κ2) is 4.48. The SMILES string of the molecule is Cc1sc(C(C)O)nc1-c1ccc2c(c1)CCC2. The van der Waals surface area contributed by atoms with E-state index in [1.165, 1.54) is 40.8 Å². The fourth-order valence-corrected chi connectivity index (χ4v) is 3.46. The van der Waals surface area contributed by atoms with Gasteiger partial charge in [-0.2, -0.15) is 0 Å². The van der Waals surface area contributed by atoms with Crippen molar-refractivity contribution in [2.75, 3.05) is 0 Å². The molecular formula is C15H17NOS. The van der Waals surface area contributed by atoms with E-state index in [-0.39, 0.29) is 0 Å². The Morgan fingerprint density at radius 2 is 2.06 bits per heavy atom. The lowest BCUT2D eigenvalue weighted by atomic mass is 10.0. The lowest BCUT2D eigenvalue weighted by Gasteiger charge is -2.03. The number of aromatic nitrogens is 1. The second-order valence-electron chi connectivity index (χ2n) is 4.97. The monoisotopic (exact) mass is 259 g/mol. The van der Waals surface area contributed by atoms with Crippen molar-refractivity contribution in [3.63, 3.8) is 0 Å². The molecule has 1 heterocycles. The summed E-state index contributed by atoms with van der Waals surface area (Å²) >= 11 is 1.59. The van der Waals surface area contributed by atoms with Gasteiger partial charge in [0.25, 0.3) is 0 Å². The van der Waals surface area contributed by atoms with Crippen LogP contribution in [0.25, 0.3) is 11.3 Å². The highest BCUT2D eigenvalue weighted by molar-refractivity contribution is 7.12. The number of nitrogens with zero attached hydrogens (tertiary/aromatic N) is 1. The average Bonchev–Trinajstić information content (AvgIpc) is 2.93. The molecule has 0 spiro atoms. The molecule has 0 saturated heterocycles. The van der Waals surface area contributed by atoms with E-state index in [1.807, 2.05) is 0 Å². The zero-order valence-corrected chi connectivity index (χ0v) is 11.5. The summed E-state index contributed by atoms with van der Waals surface area (Å²) in [5, 5.41) is 10.4. The molecule has 0 fully saturated rings. The van der Waals surface area contributed by atoms with E-state index in [9.17, 15) is 5.11 Å². The van der Waals surface area contributed by atoms with Gasteiger partial charge in [-0.15, -0.1) is 11.3 Å². The fraction of sp³-hybridized carbons (Fsp3) is 0.400. The van der Waals surface area contributed by atoms with Crippen LogP contribution < -0.4 is 0 Å². The maximum atomic E-state index is 9.61. The first-order valence-electron chi connectivity index (χ1n) is 6.42. The third-order valence-corrected chi connectivity index (χ3v) is 4.68. The molecule has 0 aliphatic heterocycles. The Morgan fingerprint density at radius 1 is 1.28 bits per heavy atom. The Kier molecular flexibility index (Phi) is 2.96. The van der Waals surface area contributed by atoms with Gasteiger partial charge < -0.3 is 5.11 Å². The lowest BCUT2D eigenvalue weighted by Crippen LogP contribution is -1.90. The van der Waals surface area contributed by atoms with Gasteiger partial charge in [-0.1, -0.05) is 12.1 Å².